The number of nitrogens with one attached hydrogen (secondary N) is 4. The lowest BCUT2D eigenvalue weighted by atomic mass is 10.0. The van der Waals surface area contributed by atoms with Crippen LogP contribution in [0.5, 0.6) is 0 Å². The first-order valence-corrected chi connectivity index (χ1v) is 10.7. The molecule has 150 valence electrons. The average Bonchev–Trinajstić information content (AvgIpc) is 3.24. The summed E-state index contributed by atoms with van der Waals surface area (Å²) in [5.74, 6) is 0.850. The normalized spacial score (nSPS) is 22.1. The van der Waals surface area contributed by atoms with Crippen molar-refractivity contribution in [2.45, 2.75) is 56.1 Å². The van der Waals surface area contributed by atoms with E-state index < -0.39 is 10.0 Å². The molecule has 0 spiro atoms. The topological polar surface area (TPSA) is 125 Å². The first-order chi connectivity index (χ1) is 13.3. The Kier molecular flexibility index (Phi) is 4.66. The first-order valence-electron chi connectivity index (χ1n) is 9.26. The lowest BCUT2D eigenvalue weighted by Crippen LogP contribution is -2.33. The summed E-state index contributed by atoms with van der Waals surface area (Å²) >= 11 is 0. The number of aromatic nitrogens is 2. The fourth-order valence-electron chi connectivity index (χ4n) is 3.57. The average molecular weight is 405 g/mol. The van der Waals surface area contributed by atoms with Gasteiger partial charge in [-0.05, 0) is 51.3 Å². The zero-order valence-electron chi connectivity index (χ0n) is 15.7. The number of carbonyl (C=O) groups is 1. The second-order valence-corrected chi connectivity index (χ2v) is 9.14. The van der Waals surface area contributed by atoms with E-state index >= 15 is 0 Å². The number of H-pyrrole nitrogens is 1. The molecule has 2 aliphatic rings. The standard InChI is InChI=1S/C18H23N5O4S/c1-10(2)19-18(24)27-13-5-3-11(7-13)15-9-17(22-21-15)20-12-4-6-14-16(8-12)28(25,26)23-14/h4,6,8-11,13,23H,3,5,7H2,1-2H3,(H,19,24)(H2,20,21,22)/t11-,13+/m0/s1. The van der Waals surface area contributed by atoms with Gasteiger partial charge in [0.2, 0.25) is 0 Å². The Hall–Kier alpha value is -2.75. The third-order valence-corrected chi connectivity index (χ3v) is 6.30. The van der Waals surface area contributed by atoms with Gasteiger partial charge in [-0.15, -0.1) is 0 Å². The number of hydrogen-bond donors (Lipinski definition) is 4. The molecule has 1 aliphatic heterocycles. The van der Waals surface area contributed by atoms with Crippen LogP contribution in [-0.4, -0.2) is 36.9 Å². The zero-order chi connectivity index (χ0) is 19.9. The minimum atomic E-state index is -3.35. The van der Waals surface area contributed by atoms with Crippen molar-refractivity contribution in [1.29, 1.82) is 0 Å². The molecule has 1 fully saturated rings. The smallest absolute Gasteiger partial charge is 0.407 e. The molecule has 0 bridgehead atoms. The summed E-state index contributed by atoms with van der Waals surface area (Å²) in [5, 5.41) is 13.2. The van der Waals surface area contributed by atoms with E-state index in [1.165, 1.54) is 0 Å². The summed E-state index contributed by atoms with van der Waals surface area (Å²) in [6.07, 6.45) is 1.99. The second-order valence-electron chi connectivity index (χ2n) is 7.49. The Balaban J connectivity index is 1.36. The molecule has 9 nitrogen and oxygen atoms in total. The maximum atomic E-state index is 11.8. The minimum Gasteiger partial charge on any atom is -0.446 e. The number of amides is 1. The summed E-state index contributed by atoms with van der Waals surface area (Å²) < 4.78 is 31.2. The Labute approximate surface area is 163 Å². The van der Waals surface area contributed by atoms with Gasteiger partial charge >= 0.3 is 6.09 Å². The van der Waals surface area contributed by atoms with Crippen molar-refractivity contribution >= 4 is 33.3 Å². The van der Waals surface area contributed by atoms with Crippen LogP contribution in [0.1, 0.15) is 44.7 Å². The van der Waals surface area contributed by atoms with Crippen molar-refractivity contribution in [3.8, 4) is 0 Å². The number of fused-ring (bicyclic) bond motifs is 1. The van der Waals surface area contributed by atoms with Crippen molar-refractivity contribution in [3.63, 3.8) is 0 Å². The number of carbonyl (C=O) groups excluding carboxylic acids is 1. The number of benzene rings is 1. The number of nitrogens with zero attached hydrogens (tertiary/aromatic N) is 1. The molecule has 2 heterocycles. The Morgan fingerprint density at radius 2 is 2.11 bits per heavy atom. The monoisotopic (exact) mass is 405 g/mol. The lowest BCUT2D eigenvalue weighted by molar-refractivity contribution is 0.0981. The van der Waals surface area contributed by atoms with E-state index in [0.717, 1.165) is 25.0 Å². The molecule has 1 aliphatic carbocycles. The van der Waals surface area contributed by atoms with Crippen molar-refractivity contribution in [1.82, 2.24) is 15.5 Å². The molecule has 10 heteroatoms. The molecule has 1 saturated carbocycles. The lowest BCUT2D eigenvalue weighted by Gasteiger charge is -2.21. The number of alkyl carbamates (subject to hydrolysis) is 1. The fourth-order valence-corrected chi connectivity index (χ4v) is 4.68. The van der Waals surface area contributed by atoms with Gasteiger partial charge in [0, 0.05) is 29.4 Å². The predicted octanol–water partition coefficient (Wildman–Crippen LogP) is 3.04. The Bertz CT molecular complexity index is 1000. The number of sulfonamides is 1. The van der Waals surface area contributed by atoms with Crippen LogP contribution < -0.4 is 15.4 Å². The van der Waals surface area contributed by atoms with E-state index in [2.05, 4.69) is 25.6 Å². The molecule has 2 atom stereocenters. The SMILES string of the molecule is CC(C)NC(=O)O[C@@H]1CC[C@H](c2cc(Nc3ccc4c(c3)S(=O)(=O)N4)n[nH]2)C1. The summed E-state index contributed by atoms with van der Waals surface area (Å²) in [4.78, 5) is 12.0. The van der Waals surface area contributed by atoms with Crippen LogP contribution in [0.4, 0.5) is 22.0 Å². The van der Waals surface area contributed by atoms with Crippen molar-refractivity contribution in [3.05, 3.63) is 30.0 Å². The molecule has 1 aromatic heterocycles. The zero-order valence-corrected chi connectivity index (χ0v) is 16.5. The summed E-state index contributed by atoms with van der Waals surface area (Å²) in [6, 6.07) is 7.05. The van der Waals surface area contributed by atoms with E-state index in [9.17, 15) is 13.2 Å². The van der Waals surface area contributed by atoms with Crippen LogP contribution >= 0.6 is 0 Å². The summed E-state index contributed by atoms with van der Waals surface area (Å²) in [5.41, 5.74) is 2.22. The van der Waals surface area contributed by atoms with E-state index in [0.29, 0.717) is 17.2 Å². The molecular weight excluding hydrogens is 382 g/mol. The highest BCUT2D eigenvalue weighted by Gasteiger charge is 2.31. The van der Waals surface area contributed by atoms with E-state index in [-0.39, 0.29) is 29.1 Å². The number of anilines is 3. The summed E-state index contributed by atoms with van der Waals surface area (Å²) in [7, 11) is -3.35. The third kappa shape index (κ3) is 3.77. The van der Waals surface area contributed by atoms with Crippen molar-refractivity contribution < 1.29 is 17.9 Å². The highest BCUT2D eigenvalue weighted by atomic mass is 32.2. The fraction of sp³-hybridized carbons (Fsp3) is 0.444. The highest BCUT2D eigenvalue weighted by molar-refractivity contribution is 7.94. The van der Waals surface area contributed by atoms with Crippen molar-refractivity contribution in [2.24, 2.45) is 0 Å². The van der Waals surface area contributed by atoms with Crippen LogP contribution in [0.2, 0.25) is 0 Å². The van der Waals surface area contributed by atoms with Gasteiger partial charge in [0.15, 0.2) is 5.82 Å². The van der Waals surface area contributed by atoms with Gasteiger partial charge in [-0.25, -0.2) is 13.2 Å². The van der Waals surface area contributed by atoms with Gasteiger partial charge in [0.25, 0.3) is 10.0 Å². The van der Waals surface area contributed by atoms with E-state index in [1.807, 2.05) is 19.9 Å². The van der Waals surface area contributed by atoms with Gasteiger partial charge in [0.05, 0.1) is 5.69 Å². The van der Waals surface area contributed by atoms with Crippen LogP contribution in [0.25, 0.3) is 0 Å². The Morgan fingerprint density at radius 1 is 1.29 bits per heavy atom. The predicted molar refractivity (Wildman–Crippen MR) is 104 cm³/mol. The number of ether oxygens (including phenoxy) is 1. The van der Waals surface area contributed by atoms with Crippen LogP contribution in [-0.2, 0) is 14.8 Å². The molecule has 0 unspecified atom stereocenters. The minimum absolute atomic E-state index is 0.0478. The van der Waals surface area contributed by atoms with Gasteiger partial charge in [-0.1, -0.05) is 0 Å². The second kappa shape index (κ2) is 7.01. The first kappa shape index (κ1) is 18.6. The van der Waals surface area contributed by atoms with Crippen LogP contribution in [0.15, 0.2) is 29.2 Å². The van der Waals surface area contributed by atoms with Crippen LogP contribution in [0, 0.1) is 0 Å². The Morgan fingerprint density at radius 3 is 2.86 bits per heavy atom. The maximum Gasteiger partial charge on any atom is 0.407 e. The van der Waals surface area contributed by atoms with Gasteiger partial charge in [0.1, 0.15) is 11.0 Å². The molecule has 0 saturated heterocycles. The summed E-state index contributed by atoms with van der Waals surface area (Å²) in [6.45, 7) is 3.78. The molecule has 0 radical (unpaired) electrons. The number of hydrogen-bond acceptors (Lipinski definition) is 6. The van der Waals surface area contributed by atoms with Gasteiger partial charge in [-0.3, -0.25) is 9.82 Å². The maximum absolute atomic E-state index is 11.8. The molecule has 1 amide bonds. The quantitative estimate of drug-likeness (QED) is 0.606. The van der Waals surface area contributed by atoms with E-state index in [4.69, 9.17) is 4.74 Å². The number of aromatic amines is 1. The molecule has 2 aromatic rings. The molecular formula is C18H23N5O4S. The number of rotatable bonds is 5. The molecule has 1 aromatic carbocycles. The van der Waals surface area contributed by atoms with E-state index in [1.54, 1.807) is 18.2 Å². The molecule has 4 rings (SSSR count). The molecule has 28 heavy (non-hydrogen) atoms. The van der Waals surface area contributed by atoms with Gasteiger partial charge in [-0.2, -0.15) is 5.10 Å². The molecule has 4 N–H and O–H groups in total. The highest BCUT2D eigenvalue weighted by Crippen LogP contribution is 2.37. The third-order valence-electron chi connectivity index (χ3n) is 4.89. The van der Waals surface area contributed by atoms with Gasteiger partial charge < -0.3 is 15.4 Å². The largest absolute Gasteiger partial charge is 0.446 e. The van der Waals surface area contributed by atoms with Crippen LogP contribution in [0.3, 0.4) is 0 Å². The van der Waals surface area contributed by atoms with Crippen molar-refractivity contribution in [2.75, 3.05) is 10.0 Å².